The first-order valence-electron chi connectivity index (χ1n) is 6.58. The number of hydrogen-bond donors (Lipinski definition) is 1. The van der Waals surface area contributed by atoms with Crippen molar-refractivity contribution in [3.8, 4) is 0 Å². The summed E-state index contributed by atoms with van der Waals surface area (Å²) in [5.41, 5.74) is 1.02. The van der Waals surface area contributed by atoms with Crippen LogP contribution in [0.4, 0.5) is 4.39 Å². The molecule has 0 radical (unpaired) electrons. The zero-order valence-electron chi connectivity index (χ0n) is 11.6. The Kier molecular flexibility index (Phi) is 6.19. The summed E-state index contributed by atoms with van der Waals surface area (Å²) in [7, 11) is 0. The number of hydrogen-bond acceptors (Lipinski definition) is 2. The number of carbonyl (C=O) groups excluding carboxylic acids is 1. The molecule has 3 nitrogen and oxygen atoms in total. The van der Waals surface area contributed by atoms with Crippen LogP contribution in [0.3, 0.4) is 0 Å². The van der Waals surface area contributed by atoms with Crippen LogP contribution in [-0.4, -0.2) is 19.1 Å². The Morgan fingerprint density at radius 1 is 1.09 bits per heavy atom. The molecule has 2 aromatic rings. The lowest BCUT2D eigenvalue weighted by atomic mass is 10.1. The molecule has 1 aliphatic heterocycles. The molecule has 3 rings (SSSR count). The van der Waals surface area contributed by atoms with Crippen molar-refractivity contribution in [2.75, 3.05) is 13.2 Å². The molecular formula is C16H14Cl2FNO2. The quantitative estimate of drug-likeness (QED) is 0.851. The maximum Gasteiger partial charge on any atom is 0.246 e. The number of amides is 1. The van der Waals surface area contributed by atoms with Gasteiger partial charge in [-0.25, -0.2) is 4.39 Å². The largest absolute Gasteiger partial charge is 0.369 e. The second-order valence-electron chi connectivity index (χ2n) is 4.63. The van der Waals surface area contributed by atoms with Gasteiger partial charge in [0, 0.05) is 10.0 Å². The Morgan fingerprint density at radius 3 is 2.36 bits per heavy atom. The highest BCUT2D eigenvalue weighted by atomic mass is 35.5. The number of rotatable bonds is 1. The molecule has 1 atom stereocenters. The number of carbonyl (C=O) groups is 1. The molecule has 1 N–H and O–H groups in total. The predicted octanol–water partition coefficient (Wildman–Crippen LogP) is 4.01. The molecule has 22 heavy (non-hydrogen) atoms. The average Bonchev–Trinajstić information content (AvgIpc) is 2.48. The van der Waals surface area contributed by atoms with Crippen LogP contribution in [0.1, 0.15) is 11.6 Å². The van der Waals surface area contributed by atoms with Crippen molar-refractivity contribution in [3.05, 3.63) is 70.0 Å². The Morgan fingerprint density at radius 2 is 1.82 bits per heavy atom. The molecule has 116 valence electrons. The normalized spacial score (nSPS) is 17.2. The summed E-state index contributed by atoms with van der Waals surface area (Å²) in [6.45, 7) is 0.678. The van der Waals surface area contributed by atoms with Gasteiger partial charge in [-0.05, 0) is 35.9 Å². The van der Waals surface area contributed by atoms with Crippen molar-refractivity contribution in [1.29, 1.82) is 0 Å². The topological polar surface area (TPSA) is 38.3 Å². The first kappa shape index (κ1) is 16.7. The first-order chi connectivity index (χ1) is 10.5. The fraction of sp³-hybridized carbons (Fsp3) is 0.188. The van der Waals surface area contributed by atoms with Crippen LogP contribution >= 0.6 is 23.2 Å². The molecule has 2 aromatic carbocycles. The molecule has 0 aromatic heterocycles. The molecule has 0 bridgehead atoms. The first-order valence-corrected chi connectivity index (χ1v) is 7.34. The third kappa shape index (κ3) is 5.30. The van der Waals surface area contributed by atoms with E-state index in [1.807, 2.05) is 12.1 Å². The van der Waals surface area contributed by atoms with Crippen LogP contribution in [0.25, 0.3) is 0 Å². The van der Waals surface area contributed by atoms with E-state index < -0.39 is 0 Å². The monoisotopic (exact) mass is 341 g/mol. The molecule has 1 fully saturated rings. The summed E-state index contributed by atoms with van der Waals surface area (Å²) in [5, 5.41) is 3.97. The Balaban J connectivity index is 0.000000188. The molecule has 1 saturated heterocycles. The van der Waals surface area contributed by atoms with E-state index in [0.29, 0.717) is 16.7 Å². The SMILES string of the molecule is Fc1cccc(Cl)c1.O=C1COC[C@@H](c2ccc(Cl)cc2)N1. The van der Waals surface area contributed by atoms with E-state index >= 15 is 0 Å². The Hall–Kier alpha value is -1.62. The molecular weight excluding hydrogens is 328 g/mol. The van der Waals surface area contributed by atoms with Gasteiger partial charge in [0.1, 0.15) is 12.4 Å². The lowest BCUT2D eigenvalue weighted by Gasteiger charge is -2.23. The van der Waals surface area contributed by atoms with Gasteiger partial charge in [0.05, 0.1) is 12.6 Å². The zero-order valence-corrected chi connectivity index (χ0v) is 13.1. The van der Waals surface area contributed by atoms with Crippen LogP contribution in [0.5, 0.6) is 0 Å². The molecule has 1 heterocycles. The predicted molar refractivity (Wildman–Crippen MR) is 84.6 cm³/mol. The molecule has 1 amide bonds. The van der Waals surface area contributed by atoms with Crippen molar-refractivity contribution in [1.82, 2.24) is 5.32 Å². The summed E-state index contributed by atoms with van der Waals surface area (Å²) in [4.78, 5) is 11.1. The minimum Gasteiger partial charge on any atom is -0.369 e. The van der Waals surface area contributed by atoms with Gasteiger partial charge in [-0.1, -0.05) is 41.4 Å². The van der Waals surface area contributed by atoms with Gasteiger partial charge in [0.15, 0.2) is 0 Å². The molecule has 0 unspecified atom stereocenters. The lowest BCUT2D eigenvalue weighted by Crippen LogP contribution is -2.39. The van der Waals surface area contributed by atoms with Crippen LogP contribution in [0, 0.1) is 5.82 Å². The van der Waals surface area contributed by atoms with E-state index in [0.717, 1.165) is 5.56 Å². The van der Waals surface area contributed by atoms with Gasteiger partial charge >= 0.3 is 0 Å². The third-order valence-corrected chi connectivity index (χ3v) is 3.40. The van der Waals surface area contributed by atoms with Crippen LogP contribution in [0.2, 0.25) is 10.0 Å². The summed E-state index contributed by atoms with van der Waals surface area (Å²) in [6.07, 6.45) is 0. The molecule has 6 heteroatoms. The number of halogens is 3. The number of nitrogens with one attached hydrogen (secondary N) is 1. The van der Waals surface area contributed by atoms with Crippen LogP contribution < -0.4 is 5.32 Å². The average molecular weight is 342 g/mol. The van der Waals surface area contributed by atoms with Gasteiger partial charge in [0.2, 0.25) is 5.91 Å². The van der Waals surface area contributed by atoms with E-state index in [9.17, 15) is 9.18 Å². The summed E-state index contributed by atoms with van der Waals surface area (Å²) in [6, 6.07) is 13.2. The van der Waals surface area contributed by atoms with Crippen molar-refractivity contribution in [3.63, 3.8) is 0 Å². The van der Waals surface area contributed by atoms with Gasteiger partial charge in [-0.2, -0.15) is 0 Å². The smallest absolute Gasteiger partial charge is 0.246 e. The van der Waals surface area contributed by atoms with Crippen LogP contribution in [-0.2, 0) is 9.53 Å². The van der Waals surface area contributed by atoms with Crippen LogP contribution in [0.15, 0.2) is 48.5 Å². The second-order valence-corrected chi connectivity index (χ2v) is 5.50. The van der Waals surface area contributed by atoms with Crippen molar-refractivity contribution in [2.45, 2.75) is 6.04 Å². The van der Waals surface area contributed by atoms with E-state index in [2.05, 4.69) is 5.32 Å². The highest BCUT2D eigenvalue weighted by molar-refractivity contribution is 6.30. The van der Waals surface area contributed by atoms with Gasteiger partial charge in [-0.3, -0.25) is 4.79 Å². The highest BCUT2D eigenvalue weighted by Gasteiger charge is 2.19. The molecule has 0 spiro atoms. The van der Waals surface area contributed by atoms with Gasteiger partial charge in [-0.15, -0.1) is 0 Å². The minimum absolute atomic E-state index is 0.0477. The van der Waals surface area contributed by atoms with Crippen molar-refractivity contribution >= 4 is 29.1 Å². The molecule has 0 saturated carbocycles. The van der Waals surface area contributed by atoms with E-state index in [1.54, 1.807) is 24.3 Å². The summed E-state index contributed by atoms with van der Waals surface area (Å²) < 4.78 is 17.2. The number of ether oxygens (including phenoxy) is 1. The highest BCUT2D eigenvalue weighted by Crippen LogP contribution is 2.18. The number of morpholine rings is 1. The fourth-order valence-corrected chi connectivity index (χ4v) is 2.18. The standard InChI is InChI=1S/C10H10ClNO2.C6H4ClF/c11-8-3-1-7(2-4-8)9-5-14-6-10(13)12-9;7-5-2-1-3-6(8)4-5/h1-4,9H,5-6H2,(H,12,13);1-4H/t9-;/m0./s1. The Bertz CT molecular complexity index is 617. The third-order valence-electron chi connectivity index (χ3n) is 2.91. The molecule has 1 aliphatic rings. The second kappa shape index (κ2) is 8.13. The lowest BCUT2D eigenvalue weighted by molar-refractivity contribution is -0.131. The fourth-order valence-electron chi connectivity index (χ4n) is 1.88. The maximum atomic E-state index is 12.1. The van der Waals surface area contributed by atoms with E-state index in [1.165, 1.54) is 12.1 Å². The maximum absolute atomic E-state index is 12.1. The zero-order chi connectivity index (χ0) is 15.9. The molecule has 0 aliphatic carbocycles. The Labute approximate surface area is 138 Å². The van der Waals surface area contributed by atoms with E-state index in [4.69, 9.17) is 27.9 Å². The van der Waals surface area contributed by atoms with Crippen molar-refractivity contribution < 1.29 is 13.9 Å². The van der Waals surface area contributed by atoms with Crippen molar-refractivity contribution in [2.24, 2.45) is 0 Å². The van der Waals surface area contributed by atoms with Gasteiger partial charge in [0.25, 0.3) is 0 Å². The van der Waals surface area contributed by atoms with Gasteiger partial charge < -0.3 is 10.1 Å². The number of benzene rings is 2. The minimum atomic E-state index is -0.294. The summed E-state index contributed by atoms with van der Waals surface area (Å²) >= 11 is 11.2. The summed E-state index contributed by atoms with van der Waals surface area (Å²) in [5.74, 6) is -0.367. The van der Waals surface area contributed by atoms with E-state index in [-0.39, 0.29) is 24.4 Å².